The van der Waals surface area contributed by atoms with Gasteiger partial charge < -0.3 is 19.7 Å². The number of methoxy groups -OCH3 is 1. The normalized spacial score (nSPS) is 17.7. The van der Waals surface area contributed by atoms with Crippen LogP contribution in [0.2, 0.25) is 0 Å². The average Bonchev–Trinajstić information content (AvgIpc) is 3.15. The molecule has 0 bridgehead atoms. The van der Waals surface area contributed by atoms with Gasteiger partial charge in [-0.3, -0.25) is 4.99 Å². The van der Waals surface area contributed by atoms with E-state index in [4.69, 9.17) is 9.47 Å². The van der Waals surface area contributed by atoms with Gasteiger partial charge in [0.05, 0.1) is 13.2 Å². The van der Waals surface area contributed by atoms with Crippen LogP contribution in [0.1, 0.15) is 19.3 Å². The second kappa shape index (κ2) is 13.0. The molecular formula is C20H33N3O2S. The summed E-state index contributed by atoms with van der Waals surface area (Å²) in [6.07, 6.45) is 3.39. The Kier molecular flexibility index (Phi) is 10.5. The van der Waals surface area contributed by atoms with Gasteiger partial charge in [-0.25, -0.2) is 0 Å². The first-order valence-electron chi connectivity index (χ1n) is 9.53. The van der Waals surface area contributed by atoms with E-state index in [-0.39, 0.29) is 0 Å². The molecule has 0 radical (unpaired) electrons. The lowest BCUT2D eigenvalue weighted by Gasteiger charge is -2.21. The highest BCUT2D eigenvalue weighted by Crippen LogP contribution is 2.25. The van der Waals surface area contributed by atoms with Crippen LogP contribution in [0.5, 0.6) is 0 Å². The van der Waals surface area contributed by atoms with Crippen LogP contribution in [0.25, 0.3) is 0 Å². The highest BCUT2D eigenvalue weighted by Gasteiger charge is 2.24. The second-order valence-corrected chi connectivity index (χ2v) is 7.60. The van der Waals surface area contributed by atoms with E-state index in [1.165, 1.54) is 17.1 Å². The van der Waals surface area contributed by atoms with E-state index in [1.807, 2.05) is 18.8 Å². The summed E-state index contributed by atoms with van der Waals surface area (Å²) in [6, 6.07) is 10.7. The van der Waals surface area contributed by atoms with Crippen molar-refractivity contribution in [3.63, 3.8) is 0 Å². The quantitative estimate of drug-likeness (QED) is 0.277. The van der Waals surface area contributed by atoms with Crippen molar-refractivity contribution in [1.82, 2.24) is 10.2 Å². The van der Waals surface area contributed by atoms with Gasteiger partial charge in [-0.1, -0.05) is 18.2 Å². The molecule has 0 amide bonds. The van der Waals surface area contributed by atoms with E-state index in [9.17, 15) is 0 Å². The van der Waals surface area contributed by atoms with Crippen molar-refractivity contribution >= 4 is 17.7 Å². The Morgan fingerprint density at radius 3 is 2.85 bits per heavy atom. The smallest absolute Gasteiger partial charge is 0.193 e. The highest BCUT2D eigenvalue weighted by molar-refractivity contribution is 7.99. The molecule has 0 spiro atoms. The number of likely N-dealkylation sites (tertiary alicyclic amines) is 1. The number of nitrogens with zero attached hydrogens (tertiary/aromatic N) is 2. The van der Waals surface area contributed by atoms with Gasteiger partial charge >= 0.3 is 0 Å². The molecule has 1 aliphatic rings. The van der Waals surface area contributed by atoms with Crippen LogP contribution in [0.4, 0.5) is 0 Å². The average molecular weight is 380 g/mol. The number of thioether (sulfide) groups is 1. The first kappa shape index (κ1) is 21.1. The number of benzene rings is 1. The Hall–Kier alpha value is -1.24. The number of unbranched alkanes of at least 4 members (excludes halogenated alkanes) is 1. The summed E-state index contributed by atoms with van der Waals surface area (Å²) in [5, 5.41) is 3.50. The third-order valence-corrected chi connectivity index (χ3v) is 5.70. The van der Waals surface area contributed by atoms with Gasteiger partial charge in [0.1, 0.15) is 0 Å². The molecular weight excluding hydrogens is 346 g/mol. The van der Waals surface area contributed by atoms with Crippen LogP contribution in [0.15, 0.2) is 40.2 Å². The highest BCUT2D eigenvalue weighted by atomic mass is 32.2. The maximum absolute atomic E-state index is 5.49. The predicted octanol–water partition coefficient (Wildman–Crippen LogP) is 3.12. The fourth-order valence-corrected chi connectivity index (χ4v) is 4.05. The number of ether oxygens (including phenoxy) is 2. The lowest BCUT2D eigenvalue weighted by molar-refractivity contribution is 0.0689. The van der Waals surface area contributed by atoms with E-state index < -0.39 is 0 Å². The molecule has 1 saturated heterocycles. The van der Waals surface area contributed by atoms with Crippen LogP contribution in [-0.2, 0) is 9.47 Å². The zero-order valence-electron chi connectivity index (χ0n) is 16.2. The number of rotatable bonds is 11. The molecule has 1 aromatic carbocycles. The molecule has 1 fully saturated rings. The van der Waals surface area contributed by atoms with Crippen molar-refractivity contribution in [3.8, 4) is 0 Å². The molecule has 1 aliphatic heterocycles. The lowest BCUT2D eigenvalue weighted by atomic mass is 10.2. The van der Waals surface area contributed by atoms with Crippen LogP contribution in [-0.4, -0.2) is 70.2 Å². The van der Waals surface area contributed by atoms with Gasteiger partial charge in [0.25, 0.3) is 0 Å². The fraction of sp³-hybridized carbons (Fsp3) is 0.650. The minimum atomic E-state index is 0.670. The molecule has 1 aromatic rings. The molecule has 1 atom stereocenters. The Labute approximate surface area is 162 Å². The Bertz CT molecular complexity index is 513. The molecule has 26 heavy (non-hydrogen) atoms. The van der Waals surface area contributed by atoms with E-state index in [2.05, 4.69) is 45.5 Å². The van der Waals surface area contributed by atoms with Crippen molar-refractivity contribution < 1.29 is 9.47 Å². The molecule has 0 aliphatic carbocycles. The van der Waals surface area contributed by atoms with E-state index in [1.54, 1.807) is 7.11 Å². The summed E-state index contributed by atoms with van der Waals surface area (Å²) in [4.78, 5) is 8.21. The fourth-order valence-electron chi connectivity index (χ4n) is 3.00. The Morgan fingerprint density at radius 2 is 2.08 bits per heavy atom. The van der Waals surface area contributed by atoms with Crippen LogP contribution in [0, 0.1) is 5.92 Å². The van der Waals surface area contributed by atoms with Crippen molar-refractivity contribution in [2.24, 2.45) is 10.9 Å². The van der Waals surface area contributed by atoms with Crippen LogP contribution < -0.4 is 5.32 Å². The van der Waals surface area contributed by atoms with Crippen molar-refractivity contribution in [1.29, 1.82) is 0 Å². The van der Waals surface area contributed by atoms with Gasteiger partial charge in [-0.2, -0.15) is 0 Å². The van der Waals surface area contributed by atoms with Crippen LogP contribution >= 0.6 is 11.8 Å². The van der Waals surface area contributed by atoms with Crippen molar-refractivity contribution in [2.45, 2.75) is 24.2 Å². The minimum absolute atomic E-state index is 0.670. The third kappa shape index (κ3) is 7.98. The number of aliphatic imine (C=N–C) groups is 1. The largest absolute Gasteiger partial charge is 0.382 e. The number of guanidine groups is 1. The minimum Gasteiger partial charge on any atom is -0.382 e. The summed E-state index contributed by atoms with van der Waals surface area (Å²) in [6.45, 7) is 5.29. The van der Waals surface area contributed by atoms with Gasteiger partial charge in [0.2, 0.25) is 0 Å². The van der Waals surface area contributed by atoms with E-state index in [0.29, 0.717) is 13.2 Å². The summed E-state index contributed by atoms with van der Waals surface area (Å²) in [5.74, 6) is 2.95. The van der Waals surface area contributed by atoms with Gasteiger partial charge in [0, 0.05) is 51.0 Å². The van der Waals surface area contributed by atoms with Crippen LogP contribution in [0.3, 0.4) is 0 Å². The molecule has 1 heterocycles. The van der Waals surface area contributed by atoms with Gasteiger partial charge in [-0.15, -0.1) is 11.8 Å². The zero-order chi connectivity index (χ0) is 18.5. The van der Waals surface area contributed by atoms with Gasteiger partial charge in [0.15, 0.2) is 5.96 Å². The first-order chi connectivity index (χ1) is 12.8. The van der Waals surface area contributed by atoms with E-state index in [0.717, 1.165) is 51.0 Å². The maximum atomic E-state index is 5.49. The number of hydrogen-bond donors (Lipinski definition) is 1. The van der Waals surface area contributed by atoms with Crippen molar-refractivity contribution in [3.05, 3.63) is 30.3 Å². The summed E-state index contributed by atoms with van der Waals surface area (Å²) in [7, 11) is 3.57. The summed E-state index contributed by atoms with van der Waals surface area (Å²) < 4.78 is 10.5. The third-order valence-electron chi connectivity index (χ3n) is 4.46. The predicted molar refractivity (Wildman–Crippen MR) is 110 cm³/mol. The molecule has 6 heteroatoms. The molecule has 1 unspecified atom stereocenters. The zero-order valence-corrected chi connectivity index (χ0v) is 17.0. The molecule has 5 nitrogen and oxygen atoms in total. The first-order valence-corrected chi connectivity index (χ1v) is 10.5. The van der Waals surface area contributed by atoms with Crippen molar-refractivity contribution in [2.75, 3.05) is 59.4 Å². The Balaban J connectivity index is 1.58. The van der Waals surface area contributed by atoms with E-state index >= 15 is 0 Å². The standard InChI is InChI=1S/C20H33N3O2S/c1-21-20(22-11-6-7-13-25-15-14-24-2)23-12-10-18(16-23)17-26-19-8-4-3-5-9-19/h3-5,8-9,18H,6-7,10-17H2,1-2H3,(H,21,22). The maximum Gasteiger partial charge on any atom is 0.193 e. The van der Waals surface area contributed by atoms with Gasteiger partial charge in [-0.05, 0) is 37.3 Å². The number of nitrogens with one attached hydrogen (secondary N) is 1. The SMILES string of the molecule is CN=C(NCCCCOCCOC)N1CCC(CSc2ccccc2)C1. The molecule has 146 valence electrons. The topological polar surface area (TPSA) is 46.1 Å². The summed E-state index contributed by atoms with van der Waals surface area (Å²) in [5.41, 5.74) is 0. The molecule has 0 saturated carbocycles. The molecule has 1 N–H and O–H groups in total. The second-order valence-electron chi connectivity index (χ2n) is 6.51. The molecule has 2 rings (SSSR count). The lowest BCUT2D eigenvalue weighted by Crippen LogP contribution is -2.40. The summed E-state index contributed by atoms with van der Waals surface area (Å²) >= 11 is 1.96. The molecule has 0 aromatic heterocycles. The monoisotopic (exact) mass is 379 g/mol. The Morgan fingerprint density at radius 1 is 1.23 bits per heavy atom. The number of hydrogen-bond acceptors (Lipinski definition) is 4.